The smallest absolute Gasteiger partial charge is 0.164 e. The molecule has 1 aromatic carbocycles. The van der Waals surface area contributed by atoms with Crippen LogP contribution >= 0.6 is 0 Å². The second kappa shape index (κ2) is 3.51. The van der Waals surface area contributed by atoms with Gasteiger partial charge in [-0.3, -0.25) is 4.79 Å². The maximum absolute atomic E-state index is 11.9. The summed E-state index contributed by atoms with van der Waals surface area (Å²) in [4.78, 5) is 11.9. The summed E-state index contributed by atoms with van der Waals surface area (Å²) < 4.78 is 10.5. The lowest BCUT2D eigenvalue weighted by molar-refractivity contribution is 0.0979. The van der Waals surface area contributed by atoms with Gasteiger partial charge in [0, 0.05) is 29.0 Å². The summed E-state index contributed by atoms with van der Waals surface area (Å²) in [6, 6.07) is 3.63. The van der Waals surface area contributed by atoms with Gasteiger partial charge >= 0.3 is 0 Å². The Labute approximate surface area is 95.4 Å². The van der Waals surface area contributed by atoms with E-state index in [2.05, 4.69) is 13.8 Å². The largest absolute Gasteiger partial charge is 0.497 e. The van der Waals surface area contributed by atoms with Crippen LogP contribution in [0.2, 0.25) is 0 Å². The number of ketones is 1. The first-order valence-corrected chi connectivity index (χ1v) is 5.29. The Kier molecular flexibility index (Phi) is 2.41. The van der Waals surface area contributed by atoms with Crippen LogP contribution in [0.15, 0.2) is 12.1 Å². The van der Waals surface area contributed by atoms with E-state index >= 15 is 0 Å². The van der Waals surface area contributed by atoms with Crippen LogP contribution in [0.4, 0.5) is 0 Å². The van der Waals surface area contributed by atoms with Crippen molar-refractivity contribution in [2.75, 3.05) is 14.2 Å². The van der Waals surface area contributed by atoms with Crippen molar-refractivity contribution in [3.63, 3.8) is 0 Å². The standard InChI is InChI=1S/C13H16O3/c1-13(2)7-10(14)9-5-8(15-3)6-11(16-4)12(9)13/h5-6H,7H2,1-4H3. The molecule has 0 amide bonds. The summed E-state index contributed by atoms with van der Waals surface area (Å²) in [6.45, 7) is 4.12. The van der Waals surface area contributed by atoms with E-state index in [1.165, 1.54) is 0 Å². The first-order chi connectivity index (χ1) is 7.49. The molecule has 16 heavy (non-hydrogen) atoms. The first-order valence-electron chi connectivity index (χ1n) is 5.29. The molecule has 0 unspecified atom stereocenters. The summed E-state index contributed by atoms with van der Waals surface area (Å²) in [7, 11) is 3.21. The van der Waals surface area contributed by atoms with Crippen LogP contribution in [0.5, 0.6) is 11.5 Å². The van der Waals surface area contributed by atoms with E-state index in [0.29, 0.717) is 12.2 Å². The molecule has 0 aliphatic heterocycles. The highest BCUT2D eigenvalue weighted by Crippen LogP contribution is 2.45. The fourth-order valence-electron chi connectivity index (χ4n) is 2.37. The highest BCUT2D eigenvalue weighted by molar-refractivity contribution is 6.03. The highest BCUT2D eigenvalue weighted by Gasteiger charge is 2.39. The van der Waals surface area contributed by atoms with E-state index in [0.717, 1.165) is 16.9 Å². The van der Waals surface area contributed by atoms with Crippen LogP contribution in [0.1, 0.15) is 36.2 Å². The lowest BCUT2D eigenvalue weighted by Gasteiger charge is -2.20. The molecular formula is C13H16O3. The van der Waals surface area contributed by atoms with E-state index in [1.807, 2.05) is 6.07 Å². The van der Waals surface area contributed by atoms with Gasteiger partial charge in [0.15, 0.2) is 5.78 Å². The fraction of sp³-hybridized carbons (Fsp3) is 0.462. The average Bonchev–Trinajstić information content (AvgIpc) is 2.48. The zero-order valence-corrected chi connectivity index (χ0v) is 10.1. The third-order valence-corrected chi connectivity index (χ3v) is 3.11. The third-order valence-electron chi connectivity index (χ3n) is 3.11. The van der Waals surface area contributed by atoms with Crippen LogP contribution in [0.3, 0.4) is 0 Å². The Morgan fingerprint density at radius 1 is 1.19 bits per heavy atom. The van der Waals surface area contributed by atoms with Crippen LogP contribution in [0.25, 0.3) is 0 Å². The van der Waals surface area contributed by atoms with E-state index in [-0.39, 0.29) is 11.2 Å². The maximum Gasteiger partial charge on any atom is 0.164 e. The molecule has 0 atom stereocenters. The highest BCUT2D eigenvalue weighted by atomic mass is 16.5. The van der Waals surface area contributed by atoms with Gasteiger partial charge in [0.05, 0.1) is 14.2 Å². The first kappa shape index (κ1) is 11.0. The third kappa shape index (κ3) is 1.47. The zero-order valence-electron chi connectivity index (χ0n) is 10.1. The second-order valence-electron chi connectivity index (χ2n) is 4.74. The van der Waals surface area contributed by atoms with Crippen molar-refractivity contribution in [1.82, 2.24) is 0 Å². The Balaban J connectivity index is 2.69. The summed E-state index contributed by atoms with van der Waals surface area (Å²) in [5.74, 6) is 1.57. The van der Waals surface area contributed by atoms with Crippen molar-refractivity contribution in [3.8, 4) is 11.5 Å². The summed E-state index contributed by atoms with van der Waals surface area (Å²) in [6.07, 6.45) is 0.534. The molecule has 1 aromatic rings. The fourth-order valence-corrected chi connectivity index (χ4v) is 2.37. The molecule has 0 aromatic heterocycles. The molecule has 1 aliphatic rings. The maximum atomic E-state index is 11.9. The van der Waals surface area contributed by atoms with Crippen molar-refractivity contribution < 1.29 is 14.3 Å². The predicted octanol–water partition coefficient (Wildman–Crippen LogP) is 2.57. The molecule has 0 heterocycles. The van der Waals surface area contributed by atoms with Crippen molar-refractivity contribution in [2.45, 2.75) is 25.7 Å². The number of methoxy groups -OCH3 is 2. The van der Waals surface area contributed by atoms with Crippen LogP contribution in [-0.4, -0.2) is 20.0 Å². The molecule has 3 nitrogen and oxygen atoms in total. The minimum Gasteiger partial charge on any atom is -0.497 e. The molecule has 0 bridgehead atoms. The van der Waals surface area contributed by atoms with Crippen molar-refractivity contribution in [1.29, 1.82) is 0 Å². The molecular weight excluding hydrogens is 204 g/mol. The van der Waals surface area contributed by atoms with Crippen molar-refractivity contribution in [2.24, 2.45) is 0 Å². The van der Waals surface area contributed by atoms with E-state index < -0.39 is 0 Å². The number of benzene rings is 1. The van der Waals surface area contributed by atoms with Gasteiger partial charge < -0.3 is 9.47 Å². The minimum atomic E-state index is -0.149. The van der Waals surface area contributed by atoms with Gasteiger partial charge in [0.1, 0.15) is 11.5 Å². The normalized spacial score (nSPS) is 17.1. The monoisotopic (exact) mass is 220 g/mol. The van der Waals surface area contributed by atoms with E-state index in [1.54, 1.807) is 20.3 Å². The number of carbonyl (C=O) groups is 1. The summed E-state index contributed by atoms with van der Waals surface area (Å²) in [5.41, 5.74) is 1.59. The molecule has 0 N–H and O–H groups in total. The van der Waals surface area contributed by atoms with Gasteiger partial charge in [-0.1, -0.05) is 13.8 Å². The van der Waals surface area contributed by atoms with Gasteiger partial charge in [-0.2, -0.15) is 0 Å². The number of fused-ring (bicyclic) bond motifs is 1. The van der Waals surface area contributed by atoms with Gasteiger partial charge in [0.25, 0.3) is 0 Å². The average molecular weight is 220 g/mol. The Morgan fingerprint density at radius 2 is 1.88 bits per heavy atom. The molecule has 0 radical (unpaired) electrons. The van der Waals surface area contributed by atoms with E-state index in [9.17, 15) is 4.79 Å². The minimum absolute atomic E-state index is 0.149. The predicted molar refractivity (Wildman–Crippen MR) is 61.5 cm³/mol. The number of hydrogen-bond acceptors (Lipinski definition) is 3. The summed E-state index contributed by atoms with van der Waals surface area (Å²) in [5, 5.41) is 0. The number of carbonyl (C=O) groups excluding carboxylic acids is 1. The molecule has 0 saturated carbocycles. The number of rotatable bonds is 2. The topological polar surface area (TPSA) is 35.5 Å². The zero-order chi connectivity index (χ0) is 11.9. The molecule has 0 fully saturated rings. The molecule has 1 aliphatic carbocycles. The quantitative estimate of drug-likeness (QED) is 0.768. The molecule has 0 spiro atoms. The lowest BCUT2D eigenvalue weighted by Crippen LogP contribution is -2.13. The Hall–Kier alpha value is -1.51. The van der Waals surface area contributed by atoms with Crippen LogP contribution in [-0.2, 0) is 5.41 Å². The number of Topliss-reactive ketones (excluding diaryl/α,β-unsaturated/α-hetero) is 1. The Bertz CT molecular complexity index is 447. The molecule has 3 heteroatoms. The number of ether oxygens (including phenoxy) is 2. The molecule has 86 valence electrons. The lowest BCUT2D eigenvalue weighted by atomic mass is 9.86. The Morgan fingerprint density at radius 3 is 2.44 bits per heavy atom. The van der Waals surface area contributed by atoms with Crippen LogP contribution < -0.4 is 9.47 Å². The number of hydrogen-bond donors (Lipinski definition) is 0. The van der Waals surface area contributed by atoms with Gasteiger partial charge in [-0.05, 0) is 6.07 Å². The SMILES string of the molecule is COc1cc(OC)c2c(c1)C(=O)CC2(C)C. The van der Waals surface area contributed by atoms with Gasteiger partial charge in [0.2, 0.25) is 0 Å². The van der Waals surface area contributed by atoms with Gasteiger partial charge in [-0.25, -0.2) is 0 Å². The molecule has 0 saturated heterocycles. The summed E-state index contributed by atoms with van der Waals surface area (Å²) >= 11 is 0. The van der Waals surface area contributed by atoms with Crippen LogP contribution in [0, 0.1) is 0 Å². The van der Waals surface area contributed by atoms with Crippen molar-refractivity contribution in [3.05, 3.63) is 23.3 Å². The molecule has 2 rings (SSSR count). The van der Waals surface area contributed by atoms with Crippen molar-refractivity contribution >= 4 is 5.78 Å². The van der Waals surface area contributed by atoms with E-state index in [4.69, 9.17) is 9.47 Å². The second-order valence-corrected chi connectivity index (χ2v) is 4.74. The van der Waals surface area contributed by atoms with Gasteiger partial charge in [-0.15, -0.1) is 0 Å².